The quantitative estimate of drug-likeness (QED) is 0.669. The predicted molar refractivity (Wildman–Crippen MR) is 57.0 cm³/mol. The highest BCUT2D eigenvalue weighted by Gasteiger charge is 2.17. The molecule has 3 N–H and O–H groups in total. The monoisotopic (exact) mass is 199 g/mol. The molecule has 0 aromatic heterocycles. The number of rotatable bonds is 3. The van der Waals surface area contributed by atoms with Gasteiger partial charge in [0.2, 0.25) is 5.91 Å². The van der Waals surface area contributed by atoms with Gasteiger partial charge in [-0.3, -0.25) is 4.79 Å². The van der Waals surface area contributed by atoms with Crippen LogP contribution in [0.1, 0.15) is 25.7 Å². The zero-order valence-corrected chi connectivity index (χ0v) is 8.96. The number of carbonyl (C=O) groups is 1. The molecule has 1 aliphatic rings. The van der Waals surface area contributed by atoms with Gasteiger partial charge in [0.25, 0.3) is 0 Å². The van der Waals surface area contributed by atoms with Crippen LogP contribution in [-0.4, -0.2) is 43.5 Å². The van der Waals surface area contributed by atoms with Gasteiger partial charge in [-0.05, 0) is 26.4 Å². The van der Waals surface area contributed by atoms with Crippen LogP contribution in [0.4, 0.5) is 0 Å². The summed E-state index contributed by atoms with van der Waals surface area (Å²) in [5, 5.41) is 2.85. The summed E-state index contributed by atoms with van der Waals surface area (Å²) in [5.41, 5.74) is 5.23. The molecule has 1 aliphatic heterocycles. The Morgan fingerprint density at radius 3 is 3.00 bits per heavy atom. The van der Waals surface area contributed by atoms with Gasteiger partial charge in [-0.2, -0.15) is 0 Å². The molecule has 1 unspecified atom stereocenters. The van der Waals surface area contributed by atoms with Crippen molar-refractivity contribution in [1.29, 1.82) is 0 Å². The van der Waals surface area contributed by atoms with Gasteiger partial charge in [0.15, 0.2) is 0 Å². The SMILES string of the molecule is CN1CCCCCC1CNC(=O)CN. The van der Waals surface area contributed by atoms with Crippen molar-refractivity contribution >= 4 is 5.91 Å². The Kier molecular flexibility index (Phi) is 4.90. The van der Waals surface area contributed by atoms with E-state index in [0.717, 1.165) is 13.1 Å². The fourth-order valence-corrected chi connectivity index (χ4v) is 1.88. The smallest absolute Gasteiger partial charge is 0.233 e. The summed E-state index contributed by atoms with van der Waals surface area (Å²) in [6.45, 7) is 1.98. The predicted octanol–water partition coefficient (Wildman–Crippen LogP) is -0.0643. The number of nitrogens with one attached hydrogen (secondary N) is 1. The van der Waals surface area contributed by atoms with Crippen molar-refractivity contribution in [3.05, 3.63) is 0 Å². The van der Waals surface area contributed by atoms with E-state index in [4.69, 9.17) is 5.73 Å². The van der Waals surface area contributed by atoms with Crippen molar-refractivity contribution in [3.63, 3.8) is 0 Å². The molecule has 0 aliphatic carbocycles. The summed E-state index contributed by atoms with van der Waals surface area (Å²) in [7, 11) is 2.13. The van der Waals surface area contributed by atoms with E-state index in [-0.39, 0.29) is 12.5 Å². The van der Waals surface area contributed by atoms with Crippen molar-refractivity contribution in [2.24, 2.45) is 5.73 Å². The molecule has 0 aromatic carbocycles. The maximum atomic E-state index is 11.0. The summed E-state index contributed by atoms with van der Waals surface area (Å²) in [4.78, 5) is 13.3. The Labute approximate surface area is 85.8 Å². The second-order valence-electron chi connectivity index (χ2n) is 3.99. The van der Waals surface area contributed by atoms with Gasteiger partial charge in [0, 0.05) is 12.6 Å². The topological polar surface area (TPSA) is 58.4 Å². The van der Waals surface area contributed by atoms with Crippen LogP contribution in [0.15, 0.2) is 0 Å². The molecule has 4 nitrogen and oxygen atoms in total. The van der Waals surface area contributed by atoms with Crippen molar-refractivity contribution in [3.8, 4) is 0 Å². The number of nitrogens with two attached hydrogens (primary N) is 1. The lowest BCUT2D eigenvalue weighted by atomic mass is 10.1. The normalized spacial score (nSPS) is 24.3. The van der Waals surface area contributed by atoms with Crippen molar-refractivity contribution in [1.82, 2.24) is 10.2 Å². The van der Waals surface area contributed by atoms with Gasteiger partial charge in [-0.1, -0.05) is 12.8 Å². The van der Waals surface area contributed by atoms with Crippen LogP contribution >= 0.6 is 0 Å². The minimum absolute atomic E-state index is 0.0531. The highest BCUT2D eigenvalue weighted by Crippen LogP contribution is 2.14. The Morgan fingerprint density at radius 1 is 1.50 bits per heavy atom. The molecular formula is C10H21N3O. The number of likely N-dealkylation sites (N-methyl/N-ethyl adjacent to an activating group) is 1. The summed E-state index contributed by atoms with van der Waals surface area (Å²) in [5.74, 6) is -0.0531. The molecule has 0 radical (unpaired) electrons. The van der Waals surface area contributed by atoms with E-state index in [0.29, 0.717) is 6.04 Å². The van der Waals surface area contributed by atoms with E-state index < -0.39 is 0 Å². The second kappa shape index (κ2) is 5.98. The molecule has 82 valence electrons. The van der Waals surface area contributed by atoms with E-state index in [1.54, 1.807) is 0 Å². The van der Waals surface area contributed by atoms with Gasteiger partial charge in [-0.25, -0.2) is 0 Å². The third-order valence-electron chi connectivity index (χ3n) is 2.89. The van der Waals surface area contributed by atoms with E-state index in [1.165, 1.54) is 25.7 Å². The molecular weight excluding hydrogens is 178 g/mol. The first-order valence-electron chi connectivity index (χ1n) is 5.41. The van der Waals surface area contributed by atoms with E-state index in [1.807, 2.05) is 0 Å². The molecule has 14 heavy (non-hydrogen) atoms. The van der Waals surface area contributed by atoms with Gasteiger partial charge < -0.3 is 16.0 Å². The van der Waals surface area contributed by atoms with Gasteiger partial charge >= 0.3 is 0 Å². The van der Waals surface area contributed by atoms with Gasteiger partial charge in [-0.15, -0.1) is 0 Å². The number of carbonyl (C=O) groups excluding carboxylic acids is 1. The zero-order valence-electron chi connectivity index (χ0n) is 8.96. The van der Waals surface area contributed by atoms with Crippen molar-refractivity contribution in [2.45, 2.75) is 31.7 Å². The fourth-order valence-electron chi connectivity index (χ4n) is 1.88. The molecule has 4 heteroatoms. The Bertz CT molecular complexity index is 184. The van der Waals surface area contributed by atoms with Gasteiger partial charge in [0.05, 0.1) is 6.54 Å². The molecule has 1 fully saturated rings. The highest BCUT2D eigenvalue weighted by atomic mass is 16.1. The standard InChI is InChI=1S/C10H21N3O/c1-13-6-4-2-3-5-9(13)8-12-10(14)7-11/h9H,2-8,11H2,1H3,(H,12,14). The van der Waals surface area contributed by atoms with Crippen LogP contribution in [0.2, 0.25) is 0 Å². The minimum Gasteiger partial charge on any atom is -0.353 e. The number of nitrogens with zero attached hydrogens (tertiary/aromatic N) is 1. The minimum atomic E-state index is -0.0531. The van der Waals surface area contributed by atoms with E-state index in [9.17, 15) is 4.79 Å². The van der Waals surface area contributed by atoms with E-state index >= 15 is 0 Å². The molecule has 1 atom stereocenters. The fraction of sp³-hybridized carbons (Fsp3) is 0.900. The molecule has 0 spiro atoms. The summed E-state index contributed by atoms with van der Waals surface area (Å²) < 4.78 is 0. The van der Waals surface area contributed by atoms with Crippen LogP contribution in [0, 0.1) is 0 Å². The molecule has 1 saturated heterocycles. The first-order chi connectivity index (χ1) is 6.74. The van der Waals surface area contributed by atoms with E-state index in [2.05, 4.69) is 17.3 Å². The average molecular weight is 199 g/mol. The molecule has 0 aromatic rings. The Morgan fingerprint density at radius 2 is 2.29 bits per heavy atom. The van der Waals surface area contributed by atoms with Crippen molar-refractivity contribution < 1.29 is 4.79 Å². The lowest BCUT2D eigenvalue weighted by Gasteiger charge is -2.25. The molecule has 1 amide bonds. The number of amides is 1. The van der Waals surface area contributed by atoms with Crippen LogP contribution in [-0.2, 0) is 4.79 Å². The molecule has 1 rings (SSSR count). The van der Waals surface area contributed by atoms with Crippen LogP contribution in [0.3, 0.4) is 0 Å². The van der Waals surface area contributed by atoms with Gasteiger partial charge in [0.1, 0.15) is 0 Å². The zero-order chi connectivity index (χ0) is 10.4. The third kappa shape index (κ3) is 3.64. The maximum absolute atomic E-state index is 11.0. The summed E-state index contributed by atoms with van der Waals surface area (Å²) in [6.07, 6.45) is 5.04. The maximum Gasteiger partial charge on any atom is 0.233 e. The largest absolute Gasteiger partial charge is 0.353 e. The summed E-state index contributed by atoms with van der Waals surface area (Å²) in [6, 6.07) is 0.494. The number of likely N-dealkylation sites (tertiary alicyclic amines) is 1. The van der Waals surface area contributed by atoms with Crippen LogP contribution in [0.5, 0.6) is 0 Å². The lowest BCUT2D eigenvalue weighted by molar-refractivity contribution is -0.119. The lowest BCUT2D eigenvalue weighted by Crippen LogP contribution is -2.43. The van der Waals surface area contributed by atoms with Crippen LogP contribution < -0.4 is 11.1 Å². The first-order valence-corrected chi connectivity index (χ1v) is 5.41. The molecule has 0 saturated carbocycles. The summed E-state index contributed by atoms with van der Waals surface area (Å²) >= 11 is 0. The second-order valence-corrected chi connectivity index (χ2v) is 3.99. The Balaban J connectivity index is 2.29. The highest BCUT2D eigenvalue weighted by molar-refractivity contribution is 5.77. The molecule has 0 bridgehead atoms. The first kappa shape index (κ1) is 11.5. The Hall–Kier alpha value is -0.610. The number of hydrogen-bond acceptors (Lipinski definition) is 3. The van der Waals surface area contributed by atoms with Crippen molar-refractivity contribution in [2.75, 3.05) is 26.7 Å². The van der Waals surface area contributed by atoms with Crippen LogP contribution in [0.25, 0.3) is 0 Å². The number of hydrogen-bond donors (Lipinski definition) is 2. The average Bonchev–Trinajstić information content (AvgIpc) is 2.39. The molecule has 1 heterocycles. The third-order valence-corrected chi connectivity index (χ3v) is 2.89.